The number of H-pyrrole nitrogens is 1. The van der Waals surface area contributed by atoms with E-state index in [0.717, 1.165) is 6.07 Å². The minimum Gasteiger partial charge on any atom is -0.404 e. The van der Waals surface area contributed by atoms with Crippen molar-refractivity contribution in [2.75, 3.05) is 0 Å². The smallest absolute Gasteiger partial charge is 0.404 e. The maximum absolute atomic E-state index is 11.9. The zero-order valence-electron chi connectivity index (χ0n) is 7.61. The van der Waals surface area contributed by atoms with Crippen LogP contribution in [0.25, 0.3) is 0 Å². The number of aryl methyl sites for hydroxylation is 1. The van der Waals surface area contributed by atoms with Gasteiger partial charge in [-0.2, -0.15) is 0 Å². The Morgan fingerprint density at radius 3 is 2.60 bits per heavy atom. The van der Waals surface area contributed by atoms with Gasteiger partial charge in [0.1, 0.15) is 5.75 Å². The normalized spacial score (nSPS) is 11.5. The molecule has 15 heavy (non-hydrogen) atoms. The van der Waals surface area contributed by atoms with E-state index in [4.69, 9.17) is 11.6 Å². The molecular weight excluding hydrogens is 235 g/mol. The number of pyridine rings is 1. The van der Waals surface area contributed by atoms with Crippen molar-refractivity contribution in [2.24, 2.45) is 0 Å². The van der Waals surface area contributed by atoms with Gasteiger partial charge in [-0.15, -0.1) is 24.8 Å². The van der Waals surface area contributed by atoms with Crippen molar-refractivity contribution in [3.63, 3.8) is 0 Å². The molecule has 0 atom stereocenters. The number of nitrogens with one attached hydrogen (secondary N) is 1. The van der Waals surface area contributed by atoms with E-state index in [2.05, 4.69) is 9.72 Å². The molecule has 7 heteroatoms. The average molecular weight is 242 g/mol. The predicted molar refractivity (Wildman–Crippen MR) is 48.0 cm³/mol. The van der Waals surface area contributed by atoms with Gasteiger partial charge in [-0.05, 0) is 13.0 Å². The fourth-order valence-corrected chi connectivity index (χ4v) is 1.17. The lowest BCUT2D eigenvalue weighted by atomic mass is 10.2. The largest absolute Gasteiger partial charge is 0.573 e. The Balaban J connectivity index is 3.14. The van der Waals surface area contributed by atoms with Crippen LogP contribution in [0.1, 0.15) is 11.3 Å². The molecule has 0 aliphatic heterocycles. The Hall–Kier alpha value is -1.17. The second-order valence-electron chi connectivity index (χ2n) is 2.79. The quantitative estimate of drug-likeness (QED) is 0.808. The highest BCUT2D eigenvalue weighted by molar-refractivity contribution is 6.17. The third-order valence-electron chi connectivity index (χ3n) is 1.64. The molecule has 0 spiro atoms. The van der Waals surface area contributed by atoms with E-state index in [1.54, 1.807) is 0 Å². The molecule has 1 N–H and O–H groups in total. The maximum atomic E-state index is 11.9. The van der Waals surface area contributed by atoms with Gasteiger partial charge in [-0.3, -0.25) is 4.79 Å². The second-order valence-corrected chi connectivity index (χ2v) is 3.06. The number of hydrogen-bond acceptors (Lipinski definition) is 2. The minimum atomic E-state index is -4.79. The summed E-state index contributed by atoms with van der Waals surface area (Å²) in [5, 5.41) is 0. The SMILES string of the molecule is Cc1[nH]c(=O)c(CCl)cc1OC(F)(F)F. The summed E-state index contributed by atoms with van der Waals surface area (Å²) in [6.45, 7) is 1.31. The Bertz CT molecular complexity index is 413. The van der Waals surface area contributed by atoms with Crippen molar-refractivity contribution in [1.82, 2.24) is 4.98 Å². The van der Waals surface area contributed by atoms with Crippen LogP contribution in [0.3, 0.4) is 0 Å². The number of aromatic nitrogens is 1. The van der Waals surface area contributed by atoms with E-state index in [1.807, 2.05) is 0 Å². The highest BCUT2D eigenvalue weighted by atomic mass is 35.5. The van der Waals surface area contributed by atoms with Gasteiger partial charge in [0.2, 0.25) is 0 Å². The Labute approximate surface area is 87.8 Å². The second kappa shape index (κ2) is 4.14. The van der Waals surface area contributed by atoms with Crippen LogP contribution in [-0.4, -0.2) is 11.3 Å². The molecular formula is C8H7ClF3NO2. The first-order chi connectivity index (χ1) is 6.83. The molecule has 3 nitrogen and oxygen atoms in total. The van der Waals surface area contributed by atoms with Crippen LogP contribution in [-0.2, 0) is 5.88 Å². The van der Waals surface area contributed by atoms with Crippen molar-refractivity contribution >= 4 is 11.6 Å². The maximum Gasteiger partial charge on any atom is 0.573 e. The van der Waals surface area contributed by atoms with Gasteiger partial charge in [0.15, 0.2) is 0 Å². The average Bonchev–Trinajstić information content (AvgIpc) is 2.07. The third kappa shape index (κ3) is 3.16. The number of ether oxygens (including phenoxy) is 1. The fourth-order valence-electron chi connectivity index (χ4n) is 0.974. The number of alkyl halides is 4. The summed E-state index contributed by atoms with van der Waals surface area (Å²) in [4.78, 5) is 13.3. The molecule has 0 radical (unpaired) electrons. The van der Waals surface area contributed by atoms with Gasteiger partial charge < -0.3 is 9.72 Å². The van der Waals surface area contributed by atoms with Crippen LogP contribution in [0.2, 0.25) is 0 Å². The van der Waals surface area contributed by atoms with E-state index in [1.165, 1.54) is 6.92 Å². The number of hydrogen-bond donors (Lipinski definition) is 1. The molecule has 1 aromatic rings. The predicted octanol–water partition coefficient (Wildman–Crippen LogP) is 2.32. The zero-order chi connectivity index (χ0) is 11.6. The van der Waals surface area contributed by atoms with Crippen molar-refractivity contribution < 1.29 is 17.9 Å². The van der Waals surface area contributed by atoms with Crippen molar-refractivity contribution in [2.45, 2.75) is 19.2 Å². The standard InChI is InChI=1S/C8H7ClF3NO2/c1-4-6(15-8(10,11)12)2-5(3-9)7(14)13-4/h2H,3H2,1H3,(H,13,14). The van der Waals surface area contributed by atoms with Gasteiger partial charge in [0.25, 0.3) is 5.56 Å². The van der Waals surface area contributed by atoms with Gasteiger partial charge in [0, 0.05) is 5.56 Å². The zero-order valence-corrected chi connectivity index (χ0v) is 8.37. The first-order valence-electron chi connectivity index (χ1n) is 3.88. The molecule has 0 bridgehead atoms. The minimum absolute atomic E-state index is 0.00573. The van der Waals surface area contributed by atoms with E-state index in [0.29, 0.717) is 0 Å². The van der Waals surface area contributed by atoms with Crippen LogP contribution in [0.4, 0.5) is 13.2 Å². The highest BCUT2D eigenvalue weighted by Crippen LogP contribution is 2.24. The monoisotopic (exact) mass is 241 g/mol. The van der Waals surface area contributed by atoms with Gasteiger partial charge in [0.05, 0.1) is 11.6 Å². The topological polar surface area (TPSA) is 42.1 Å². The molecule has 1 heterocycles. The summed E-state index contributed by atoms with van der Waals surface area (Å²) < 4.78 is 39.4. The van der Waals surface area contributed by atoms with Gasteiger partial charge in [-0.25, -0.2) is 0 Å². The molecule has 0 saturated carbocycles. The number of halogens is 4. The summed E-state index contributed by atoms with van der Waals surface area (Å²) in [6.07, 6.45) is -4.79. The molecule has 0 unspecified atom stereocenters. The molecule has 1 aromatic heterocycles. The first kappa shape index (κ1) is 11.9. The van der Waals surface area contributed by atoms with E-state index in [9.17, 15) is 18.0 Å². The first-order valence-corrected chi connectivity index (χ1v) is 4.41. The molecule has 0 amide bonds. The third-order valence-corrected chi connectivity index (χ3v) is 1.93. The highest BCUT2D eigenvalue weighted by Gasteiger charge is 2.32. The Morgan fingerprint density at radius 1 is 1.53 bits per heavy atom. The molecule has 0 aliphatic rings. The van der Waals surface area contributed by atoms with E-state index >= 15 is 0 Å². The van der Waals surface area contributed by atoms with Crippen LogP contribution in [0, 0.1) is 6.92 Å². The Kier molecular flexibility index (Phi) is 3.28. The van der Waals surface area contributed by atoms with E-state index in [-0.39, 0.29) is 17.1 Å². The molecule has 0 saturated heterocycles. The molecule has 0 fully saturated rings. The lowest BCUT2D eigenvalue weighted by Gasteiger charge is -2.11. The van der Waals surface area contributed by atoms with Crippen LogP contribution >= 0.6 is 11.6 Å². The molecule has 84 valence electrons. The van der Waals surface area contributed by atoms with Gasteiger partial charge >= 0.3 is 6.36 Å². The summed E-state index contributed by atoms with van der Waals surface area (Å²) in [7, 11) is 0. The van der Waals surface area contributed by atoms with Gasteiger partial charge in [-0.1, -0.05) is 0 Å². The number of rotatable bonds is 2. The van der Waals surface area contributed by atoms with Crippen molar-refractivity contribution in [3.05, 3.63) is 27.7 Å². The lowest BCUT2D eigenvalue weighted by Crippen LogP contribution is -2.21. The van der Waals surface area contributed by atoms with E-state index < -0.39 is 17.7 Å². The summed E-state index contributed by atoms with van der Waals surface area (Å²) in [5.41, 5.74) is -0.482. The summed E-state index contributed by atoms with van der Waals surface area (Å²) >= 11 is 5.37. The fraction of sp³-hybridized carbons (Fsp3) is 0.375. The van der Waals surface area contributed by atoms with Crippen molar-refractivity contribution in [1.29, 1.82) is 0 Å². The Morgan fingerprint density at radius 2 is 2.13 bits per heavy atom. The van der Waals surface area contributed by atoms with Crippen LogP contribution < -0.4 is 10.3 Å². The molecule has 1 rings (SSSR count). The number of aromatic amines is 1. The van der Waals surface area contributed by atoms with Crippen LogP contribution in [0.5, 0.6) is 5.75 Å². The molecule has 0 aromatic carbocycles. The summed E-state index contributed by atoms with van der Waals surface area (Å²) in [6, 6.07) is 0.981. The molecule has 0 aliphatic carbocycles. The summed E-state index contributed by atoms with van der Waals surface area (Å²) in [5.74, 6) is -0.623. The lowest BCUT2D eigenvalue weighted by molar-refractivity contribution is -0.275. The van der Waals surface area contributed by atoms with Crippen molar-refractivity contribution in [3.8, 4) is 5.75 Å². The van der Waals surface area contributed by atoms with Crippen LogP contribution in [0.15, 0.2) is 10.9 Å².